The van der Waals surface area contributed by atoms with Crippen LogP contribution in [0.5, 0.6) is 5.75 Å². The quantitative estimate of drug-likeness (QED) is 0.0372. The second kappa shape index (κ2) is 32.5. The Balaban J connectivity index is 3.11. The van der Waals surface area contributed by atoms with E-state index in [-0.39, 0.29) is 133 Å². The van der Waals surface area contributed by atoms with Gasteiger partial charge in [0.15, 0.2) is 0 Å². The van der Waals surface area contributed by atoms with E-state index in [0.29, 0.717) is 39.6 Å². The molecule has 1 aromatic rings. The van der Waals surface area contributed by atoms with Gasteiger partial charge in [0, 0.05) is 50.0 Å². The van der Waals surface area contributed by atoms with Crippen LogP contribution in [0.4, 0.5) is 0 Å². The van der Waals surface area contributed by atoms with Crippen LogP contribution in [0.2, 0.25) is 0 Å². The normalized spacial score (nSPS) is 11.9. The smallest absolute Gasteiger partial charge is 0.376 e. The second-order valence-corrected chi connectivity index (χ2v) is 14.6. The number of benzene rings is 1. The first kappa shape index (κ1) is 51.5. The second-order valence-electron chi connectivity index (χ2n) is 12.5. The van der Waals surface area contributed by atoms with E-state index in [4.69, 9.17) is 52.2 Å². The lowest BCUT2D eigenvalue weighted by Gasteiger charge is -2.35. The van der Waals surface area contributed by atoms with Gasteiger partial charge in [-0.2, -0.15) is 0 Å². The number of ether oxygens (including phenoxy) is 6. The minimum atomic E-state index is -3.85. The zero-order valence-electron chi connectivity index (χ0n) is 33.4. The summed E-state index contributed by atoms with van der Waals surface area (Å²) in [5, 5.41) is 11.4. The molecule has 0 bridgehead atoms. The molecule has 322 valence electrons. The van der Waals surface area contributed by atoms with Crippen molar-refractivity contribution in [2.24, 2.45) is 0 Å². The van der Waals surface area contributed by atoms with Gasteiger partial charge in [-0.25, -0.2) is 4.57 Å². The van der Waals surface area contributed by atoms with Crippen molar-refractivity contribution in [2.75, 3.05) is 105 Å². The molecule has 0 aliphatic carbocycles. The molecule has 0 saturated heterocycles. The van der Waals surface area contributed by atoms with E-state index in [9.17, 15) is 28.6 Å². The van der Waals surface area contributed by atoms with E-state index in [0.717, 1.165) is 0 Å². The molecule has 0 aromatic heterocycles. The maximum atomic E-state index is 13.8. The Bertz CT molecular complexity index is 1410. The number of carbonyl (C=O) groups is 4. The molecule has 0 fully saturated rings. The predicted molar refractivity (Wildman–Crippen MR) is 216 cm³/mol. The summed E-state index contributed by atoms with van der Waals surface area (Å²) in [7, 11) is -3.85. The lowest BCUT2D eigenvalue weighted by Crippen LogP contribution is -2.50. The summed E-state index contributed by atoms with van der Waals surface area (Å²) in [6.07, 6.45) is 15.4. The minimum absolute atomic E-state index is 0.0600. The topological polar surface area (TPSA) is 218 Å². The molecule has 0 aliphatic rings. The van der Waals surface area contributed by atoms with Crippen molar-refractivity contribution in [3.05, 3.63) is 29.8 Å². The molecular formula is C40H59N4O13P. The number of amides is 4. The van der Waals surface area contributed by atoms with Crippen LogP contribution in [0.1, 0.15) is 55.8 Å². The molecule has 5 N–H and O–H groups in total. The highest BCUT2D eigenvalue weighted by Gasteiger charge is 2.34. The molecule has 0 spiro atoms. The third kappa shape index (κ3) is 26.4. The van der Waals surface area contributed by atoms with Gasteiger partial charge in [-0.1, -0.05) is 24.7 Å². The zero-order chi connectivity index (χ0) is 42.7. The van der Waals surface area contributed by atoms with Crippen LogP contribution in [0.15, 0.2) is 24.3 Å². The number of carbonyl (C=O) groups excluding carboxylic acids is 4. The van der Waals surface area contributed by atoms with Crippen LogP contribution in [0.3, 0.4) is 0 Å². The molecule has 0 saturated carbocycles. The summed E-state index contributed by atoms with van der Waals surface area (Å²) in [6.45, 7) is 5.13. The SMILES string of the molecule is C#CCOCCOCCNC(=O)CCC(CCC(=O)NCCOCCOCC#C)(CCC(=O)NCCOCCOCC#C)NC(=O)c1ccc(OP(=O)(O)CC)cc1. The fraction of sp³-hybridized carbons (Fsp3) is 0.600. The van der Waals surface area contributed by atoms with Crippen LogP contribution in [-0.4, -0.2) is 139 Å². The van der Waals surface area contributed by atoms with Crippen LogP contribution in [0, 0.1) is 37.0 Å². The van der Waals surface area contributed by atoms with Crippen molar-refractivity contribution >= 4 is 31.2 Å². The van der Waals surface area contributed by atoms with Gasteiger partial charge in [-0.15, -0.1) is 19.3 Å². The van der Waals surface area contributed by atoms with Gasteiger partial charge < -0.3 is 59.1 Å². The molecule has 18 heteroatoms. The lowest BCUT2D eigenvalue weighted by atomic mass is 9.82. The van der Waals surface area contributed by atoms with Gasteiger partial charge in [-0.05, 0) is 43.5 Å². The van der Waals surface area contributed by atoms with Crippen molar-refractivity contribution < 1.29 is 61.6 Å². The third-order valence-corrected chi connectivity index (χ3v) is 9.31. The van der Waals surface area contributed by atoms with E-state index >= 15 is 0 Å². The maximum Gasteiger partial charge on any atom is 0.376 e. The molecule has 1 unspecified atom stereocenters. The molecule has 0 radical (unpaired) electrons. The van der Waals surface area contributed by atoms with Gasteiger partial charge in [0.2, 0.25) is 17.7 Å². The van der Waals surface area contributed by atoms with Gasteiger partial charge >= 0.3 is 7.60 Å². The molecule has 4 amide bonds. The van der Waals surface area contributed by atoms with Gasteiger partial charge in [0.25, 0.3) is 5.91 Å². The minimum Gasteiger partial charge on any atom is -0.424 e. The first-order valence-electron chi connectivity index (χ1n) is 19.0. The van der Waals surface area contributed by atoms with Crippen molar-refractivity contribution in [2.45, 2.75) is 51.0 Å². The average Bonchev–Trinajstić information content (AvgIpc) is 3.21. The Hall–Kier alpha value is -4.47. The molecule has 1 aromatic carbocycles. The largest absolute Gasteiger partial charge is 0.424 e. The van der Waals surface area contributed by atoms with Crippen LogP contribution in [-0.2, 0) is 47.4 Å². The lowest BCUT2D eigenvalue weighted by molar-refractivity contribution is -0.121. The van der Waals surface area contributed by atoms with E-state index in [1.165, 1.54) is 31.2 Å². The molecule has 58 heavy (non-hydrogen) atoms. The number of hydrogen-bond donors (Lipinski definition) is 5. The Morgan fingerprint density at radius 3 is 1.33 bits per heavy atom. The monoisotopic (exact) mass is 834 g/mol. The van der Waals surface area contributed by atoms with Crippen LogP contribution in [0.25, 0.3) is 0 Å². The van der Waals surface area contributed by atoms with E-state index in [1.807, 2.05) is 0 Å². The Morgan fingerprint density at radius 1 is 0.621 bits per heavy atom. The van der Waals surface area contributed by atoms with Gasteiger partial charge in [0.1, 0.15) is 25.6 Å². The third-order valence-electron chi connectivity index (χ3n) is 8.01. The fourth-order valence-electron chi connectivity index (χ4n) is 4.94. The maximum absolute atomic E-state index is 13.8. The zero-order valence-corrected chi connectivity index (χ0v) is 34.3. The summed E-state index contributed by atoms with van der Waals surface area (Å²) in [5.74, 6) is 5.61. The van der Waals surface area contributed by atoms with Gasteiger partial charge in [0.05, 0.1) is 65.6 Å². The summed E-state index contributed by atoms with van der Waals surface area (Å²) in [4.78, 5) is 62.8. The fourth-order valence-corrected chi connectivity index (χ4v) is 5.52. The predicted octanol–water partition coefficient (Wildman–Crippen LogP) is 1.43. The van der Waals surface area contributed by atoms with Crippen molar-refractivity contribution in [3.63, 3.8) is 0 Å². The Labute approximate surface area is 342 Å². The standard InChI is InChI=1S/C40H59N4O13P/c1-5-22-51-28-31-54-25-19-41-36(45)13-16-40(17-14-37(46)42-20-26-55-32-29-52-23-6-2,18-15-38(47)43-21-27-56-33-30-53-24-7-3)44-39(48)34-9-11-35(12-10-34)57-58(49,50)8-4/h1-3,9-12H,8,13-33H2,4H3,(H,41,45)(H,42,46)(H,43,47)(H,44,48)(H,49,50). The summed E-state index contributed by atoms with van der Waals surface area (Å²) >= 11 is 0. The molecule has 0 aliphatic heterocycles. The number of nitrogens with one attached hydrogen (secondary N) is 4. The van der Waals surface area contributed by atoms with Gasteiger partial charge in [-0.3, -0.25) is 19.2 Å². The number of terminal acetylenes is 3. The summed E-state index contributed by atoms with van der Waals surface area (Å²) in [5.41, 5.74) is -1.04. The van der Waals surface area contributed by atoms with Crippen molar-refractivity contribution in [1.29, 1.82) is 0 Å². The molecule has 1 atom stereocenters. The first-order chi connectivity index (χ1) is 28.0. The van der Waals surface area contributed by atoms with Crippen molar-refractivity contribution in [3.8, 4) is 42.8 Å². The molecule has 1 rings (SSSR count). The van der Waals surface area contributed by atoms with E-state index < -0.39 is 19.0 Å². The van der Waals surface area contributed by atoms with Crippen LogP contribution < -0.4 is 25.8 Å². The van der Waals surface area contributed by atoms with E-state index in [1.54, 1.807) is 0 Å². The van der Waals surface area contributed by atoms with E-state index in [2.05, 4.69) is 39.0 Å². The highest BCUT2D eigenvalue weighted by Crippen LogP contribution is 2.41. The number of hydrogen-bond acceptors (Lipinski definition) is 12. The molecular weight excluding hydrogens is 775 g/mol. The Morgan fingerprint density at radius 2 is 0.983 bits per heavy atom. The first-order valence-corrected chi connectivity index (χ1v) is 20.8. The average molecular weight is 835 g/mol. The van der Waals surface area contributed by atoms with Crippen molar-refractivity contribution in [1.82, 2.24) is 21.3 Å². The molecule has 0 heterocycles. The highest BCUT2D eigenvalue weighted by molar-refractivity contribution is 7.53. The summed E-state index contributed by atoms with van der Waals surface area (Å²) in [6, 6.07) is 5.62. The van der Waals surface area contributed by atoms with Crippen LogP contribution >= 0.6 is 7.60 Å². The summed E-state index contributed by atoms with van der Waals surface area (Å²) < 4.78 is 49.1. The Kier molecular flexibility index (Phi) is 28.9. The highest BCUT2D eigenvalue weighted by atomic mass is 31.2. The number of rotatable bonds is 35. The molecule has 17 nitrogen and oxygen atoms in total.